The molecule has 0 unspecified atom stereocenters. The van der Waals surface area contributed by atoms with E-state index in [2.05, 4.69) is 5.32 Å². The molecule has 2 aromatic carbocycles. The van der Waals surface area contributed by atoms with Crippen molar-refractivity contribution < 1.29 is 19.1 Å². The Balaban J connectivity index is 1.83. The van der Waals surface area contributed by atoms with Gasteiger partial charge in [0, 0.05) is 32.1 Å². The first-order chi connectivity index (χ1) is 12.5. The van der Waals surface area contributed by atoms with E-state index in [9.17, 15) is 9.59 Å². The minimum absolute atomic E-state index is 0.0480. The number of hydrogen-bond donors (Lipinski definition) is 1. The summed E-state index contributed by atoms with van der Waals surface area (Å²) < 4.78 is 10.5. The molecule has 6 nitrogen and oxygen atoms in total. The van der Waals surface area contributed by atoms with E-state index in [4.69, 9.17) is 9.47 Å². The second-order valence-corrected chi connectivity index (χ2v) is 5.81. The number of rotatable bonds is 8. The van der Waals surface area contributed by atoms with Gasteiger partial charge in [-0.25, -0.2) is 0 Å². The number of carbonyl (C=O) groups excluding carboxylic acids is 2. The molecule has 0 saturated carbocycles. The van der Waals surface area contributed by atoms with Crippen LogP contribution in [-0.2, 0) is 11.3 Å². The van der Waals surface area contributed by atoms with Crippen LogP contribution < -0.4 is 14.8 Å². The van der Waals surface area contributed by atoms with Crippen LogP contribution in [0.1, 0.15) is 22.3 Å². The second kappa shape index (κ2) is 9.46. The summed E-state index contributed by atoms with van der Waals surface area (Å²) in [5.74, 6) is 1.05. The molecule has 0 aliphatic carbocycles. The average Bonchev–Trinajstić information content (AvgIpc) is 2.68. The Kier molecular flexibility index (Phi) is 7.02. The Hall–Kier alpha value is -3.02. The fourth-order valence-electron chi connectivity index (χ4n) is 2.51. The summed E-state index contributed by atoms with van der Waals surface area (Å²) in [6.07, 6.45) is 0.238. The first-order valence-corrected chi connectivity index (χ1v) is 8.33. The van der Waals surface area contributed by atoms with E-state index >= 15 is 0 Å². The molecule has 0 radical (unpaired) electrons. The first kappa shape index (κ1) is 19.3. The highest BCUT2D eigenvalue weighted by atomic mass is 16.5. The summed E-state index contributed by atoms with van der Waals surface area (Å²) in [6, 6.07) is 14.5. The zero-order valence-corrected chi connectivity index (χ0v) is 15.3. The van der Waals surface area contributed by atoms with Gasteiger partial charge in [-0.15, -0.1) is 0 Å². The normalized spacial score (nSPS) is 10.1. The summed E-state index contributed by atoms with van der Waals surface area (Å²) in [6.45, 7) is 0.745. The van der Waals surface area contributed by atoms with Crippen LogP contribution >= 0.6 is 0 Å². The lowest BCUT2D eigenvalue weighted by Gasteiger charge is -2.18. The molecule has 0 atom stereocenters. The third-order valence-electron chi connectivity index (χ3n) is 3.95. The fourth-order valence-corrected chi connectivity index (χ4v) is 2.51. The smallest absolute Gasteiger partial charge is 0.251 e. The molecule has 26 heavy (non-hydrogen) atoms. The van der Waals surface area contributed by atoms with Gasteiger partial charge >= 0.3 is 0 Å². The maximum absolute atomic E-state index is 12.3. The van der Waals surface area contributed by atoms with Crippen LogP contribution in [-0.4, -0.2) is 44.5 Å². The molecule has 2 rings (SSSR count). The topological polar surface area (TPSA) is 67.9 Å². The molecule has 138 valence electrons. The number of methoxy groups -OCH3 is 2. The summed E-state index contributed by atoms with van der Waals surface area (Å²) in [5.41, 5.74) is 1.52. The van der Waals surface area contributed by atoms with Crippen LogP contribution in [0.5, 0.6) is 11.5 Å². The SMILES string of the molecule is COc1ccc(CN(C)C(=O)CCNC(=O)c2ccccc2)cc1OC. The monoisotopic (exact) mass is 356 g/mol. The van der Waals surface area contributed by atoms with Crippen molar-refractivity contribution in [3.8, 4) is 11.5 Å². The van der Waals surface area contributed by atoms with Crippen molar-refractivity contribution in [2.45, 2.75) is 13.0 Å². The summed E-state index contributed by atoms with van der Waals surface area (Å²) in [4.78, 5) is 25.8. The van der Waals surface area contributed by atoms with Crippen LogP contribution in [0.15, 0.2) is 48.5 Å². The van der Waals surface area contributed by atoms with E-state index in [-0.39, 0.29) is 18.2 Å². The Morgan fingerprint density at radius 1 is 1.00 bits per heavy atom. The van der Waals surface area contributed by atoms with Gasteiger partial charge in [-0.2, -0.15) is 0 Å². The lowest BCUT2D eigenvalue weighted by atomic mass is 10.2. The van der Waals surface area contributed by atoms with E-state index in [0.717, 1.165) is 5.56 Å². The number of nitrogens with one attached hydrogen (secondary N) is 1. The molecule has 2 amide bonds. The second-order valence-electron chi connectivity index (χ2n) is 5.81. The highest BCUT2D eigenvalue weighted by molar-refractivity contribution is 5.94. The number of benzene rings is 2. The van der Waals surface area contributed by atoms with Crippen molar-refractivity contribution in [3.05, 3.63) is 59.7 Å². The first-order valence-electron chi connectivity index (χ1n) is 8.33. The van der Waals surface area contributed by atoms with Gasteiger partial charge < -0.3 is 19.7 Å². The number of ether oxygens (including phenoxy) is 2. The zero-order chi connectivity index (χ0) is 18.9. The number of amides is 2. The Morgan fingerprint density at radius 3 is 2.35 bits per heavy atom. The van der Waals surface area contributed by atoms with Crippen molar-refractivity contribution in [1.82, 2.24) is 10.2 Å². The predicted octanol–water partition coefficient (Wildman–Crippen LogP) is 2.48. The molecule has 0 aromatic heterocycles. The number of carbonyl (C=O) groups is 2. The highest BCUT2D eigenvalue weighted by Crippen LogP contribution is 2.27. The number of nitrogens with zero attached hydrogens (tertiary/aromatic N) is 1. The summed E-state index contributed by atoms with van der Waals surface area (Å²) in [7, 11) is 4.89. The van der Waals surface area contributed by atoms with Gasteiger partial charge in [0.05, 0.1) is 14.2 Å². The molecule has 0 aliphatic heterocycles. The molecule has 0 fully saturated rings. The van der Waals surface area contributed by atoms with Gasteiger partial charge in [0.15, 0.2) is 11.5 Å². The van der Waals surface area contributed by atoms with Crippen molar-refractivity contribution >= 4 is 11.8 Å². The molecule has 0 bridgehead atoms. The van der Waals surface area contributed by atoms with Gasteiger partial charge in [-0.3, -0.25) is 9.59 Å². The lowest BCUT2D eigenvalue weighted by Crippen LogP contribution is -2.31. The van der Waals surface area contributed by atoms with Gasteiger partial charge in [0.2, 0.25) is 5.91 Å². The maximum Gasteiger partial charge on any atom is 0.251 e. The van der Waals surface area contributed by atoms with Crippen LogP contribution in [0, 0.1) is 0 Å². The lowest BCUT2D eigenvalue weighted by molar-refractivity contribution is -0.130. The zero-order valence-electron chi connectivity index (χ0n) is 15.3. The third-order valence-corrected chi connectivity index (χ3v) is 3.95. The molecule has 0 aliphatic rings. The van der Waals surface area contributed by atoms with E-state index in [0.29, 0.717) is 30.2 Å². The largest absolute Gasteiger partial charge is 0.493 e. The van der Waals surface area contributed by atoms with Crippen molar-refractivity contribution in [2.24, 2.45) is 0 Å². The average molecular weight is 356 g/mol. The maximum atomic E-state index is 12.3. The molecular weight excluding hydrogens is 332 g/mol. The van der Waals surface area contributed by atoms with E-state index < -0.39 is 0 Å². The summed E-state index contributed by atoms with van der Waals surface area (Å²) >= 11 is 0. The third kappa shape index (κ3) is 5.24. The Morgan fingerprint density at radius 2 is 1.69 bits per heavy atom. The van der Waals surface area contributed by atoms with Crippen molar-refractivity contribution in [1.29, 1.82) is 0 Å². The Labute approximate surface area is 153 Å². The predicted molar refractivity (Wildman–Crippen MR) is 99.4 cm³/mol. The van der Waals surface area contributed by atoms with Crippen LogP contribution in [0.2, 0.25) is 0 Å². The van der Waals surface area contributed by atoms with Crippen LogP contribution in [0.4, 0.5) is 0 Å². The molecule has 0 spiro atoms. The van der Waals surface area contributed by atoms with Gasteiger partial charge in [0.1, 0.15) is 0 Å². The van der Waals surface area contributed by atoms with Gasteiger partial charge in [0.25, 0.3) is 5.91 Å². The molecular formula is C20H24N2O4. The Bertz CT molecular complexity index is 747. The standard InChI is InChI=1S/C20H24N2O4/c1-22(14-15-9-10-17(25-2)18(13-15)26-3)19(23)11-12-21-20(24)16-7-5-4-6-8-16/h4-10,13H,11-12,14H2,1-3H3,(H,21,24). The molecule has 1 N–H and O–H groups in total. The quantitative estimate of drug-likeness (QED) is 0.789. The highest BCUT2D eigenvalue weighted by Gasteiger charge is 2.12. The van der Waals surface area contributed by atoms with E-state index in [1.165, 1.54) is 0 Å². The molecule has 0 heterocycles. The fraction of sp³-hybridized carbons (Fsp3) is 0.300. The van der Waals surface area contributed by atoms with Crippen molar-refractivity contribution in [2.75, 3.05) is 27.8 Å². The van der Waals surface area contributed by atoms with Gasteiger partial charge in [-0.05, 0) is 29.8 Å². The number of hydrogen-bond acceptors (Lipinski definition) is 4. The van der Waals surface area contributed by atoms with Crippen molar-refractivity contribution in [3.63, 3.8) is 0 Å². The van der Waals surface area contributed by atoms with Gasteiger partial charge in [-0.1, -0.05) is 24.3 Å². The van der Waals surface area contributed by atoms with E-state index in [1.807, 2.05) is 24.3 Å². The minimum Gasteiger partial charge on any atom is -0.493 e. The van der Waals surface area contributed by atoms with Crippen LogP contribution in [0.3, 0.4) is 0 Å². The summed E-state index contributed by atoms with van der Waals surface area (Å²) in [5, 5.41) is 2.76. The minimum atomic E-state index is -0.180. The molecule has 0 saturated heterocycles. The van der Waals surface area contributed by atoms with Crippen LogP contribution in [0.25, 0.3) is 0 Å². The van der Waals surface area contributed by atoms with E-state index in [1.54, 1.807) is 50.4 Å². The molecule has 6 heteroatoms. The molecule has 2 aromatic rings.